The van der Waals surface area contributed by atoms with Crippen molar-refractivity contribution in [1.82, 2.24) is 9.55 Å². The van der Waals surface area contributed by atoms with Crippen molar-refractivity contribution in [3.63, 3.8) is 0 Å². The van der Waals surface area contributed by atoms with Crippen LogP contribution in [-0.4, -0.2) is 17.6 Å². The van der Waals surface area contributed by atoms with Gasteiger partial charge in [-0.15, -0.1) is 0 Å². The number of nitrogens with zero attached hydrogens (tertiary/aromatic N) is 2. The molecule has 0 atom stereocenters. The van der Waals surface area contributed by atoms with E-state index in [0.29, 0.717) is 0 Å². The van der Waals surface area contributed by atoms with E-state index in [2.05, 4.69) is 236 Å². The molecular weight excluding hydrogens is 729 g/mol. The molecule has 0 aliphatic rings. The molecular formula is C56H40N2Si. The fraction of sp³-hybridized carbons (Fsp3) is 0.0179. The van der Waals surface area contributed by atoms with Crippen molar-refractivity contribution in [1.29, 1.82) is 0 Å². The molecule has 10 aromatic carbocycles. The van der Waals surface area contributed by atoms with E-state index < -0.39 is 8.07 Å². The largest absolute Gasteiger partial charge is 0.291 e. The number of benzene rings is 10. The molecule has 0 fully saturated rings. The Morgan fingerprint density at radius 3 is 1.39 bits per heavy atom. The van der Waals surface area contributed by atoms with Crippen molar-refractivity contribution in [2.24, 2.45) is 0 Å². The molecule has 0 unspecified atom stereocenters. The third kappa shape index (κ3) is 5.43. The number of imidazole rings is 1. The molecule has 0 spiro atoms. The smallest absolute Gasteiger partial charge is 0.180 e. The second-order valence-electron chi connectivity index (χ2n) is 15.4. The molecule has 0 saturated heterocycles. The summed E-state index contributed by atoms with van der Waals surface area (Å²) >= 11 is 0. The Labute approximate surface area is 345 Å². The maximum Gasteiger partial charge on any atom is 0.180 e. The van der Waals surface area contributed by atoms with Crippen LogP contribution in [0.4, 0.5) is 0 Å². The average Bonchev–Trinajstić information content (AvgIpc) is 3.71. The van der Waals surface area contributed by atoms with Gasteiger partial charge < -0.3 is 0 Å². The van der Waals surface area contributed by atoms with E-state index in [-0.39, 0.29) is 0 Å². The SMILES string of the molecule is Cc1cccc2nc(-c3ccccc3)n(-c3ccc(-c4c5ccccc5c([Si](c5ccccc5)(c5ccccc5)c5ccccc5)c5ccccc45)c4ccccc34)c12. The highest BCUT2D eigenvalue weighted by Crippen LogP contribution is 2.42. The summed E-state index contributed by atoms with van der Waals surface area (Å²) < 4.78 is 2.38. The topological polar surface area (TPSA) is 17.8 Å². The molecule has 11 rings (SSSR count). The van der Waals surface area contributed by atoms with Gasteiger partial charge in [0.05, 0.1) is 16.7 Å². The van der Waals surface area contributed by atoms with Gasteiger partial charge in [0.15, 0.2) is 8.07 Å². The number of para-hydroxylation sites is 1. The zero-order valence-electron chi connectivity index (χ0n) is 32.8. The first kappa shape index (κ1) is 34.9. The number of aromatic nitrogens is 2. The van der Waals surface area contributed by atoms with Crippen LogP contribution < -0.4 is 20.7 Å². The molecule has 59 heavy (non-hydrogen) atoms. The van der Waals surface area contributed by atoms with Crippen LogP contribution in [0.5, 0.6) is 0 Å². The van der Waals surface area contributed by atoms with Gasteiger partial charge in [-0.3, -0.25) is 4.57 Å². The molecule has 1 heterocycles. The van der Waals surface area contributed by atoms with Gasteiger partial charge in [0.2, 0.25) is 0 Å². The number of hydrogen-bond acceptors (Lipinski definition) is 1. The van der Waals surface area contributed by atoms with Gasteiger partial charge in [0.1, 0.15) is 5.82 Å². The summed E-state index contributed by atoms with van der Waals surface area (Å²) in [5, 5.41) is 13.0. The molecule has 0 saturated carbocycles. The second-order valence-corrected chi connectivity index (χ2v) is 19.2. The van der Waals surface area contributed by atoms with E-state index in [1.165, 1.54) is 69.8 Å². The lowest BCUT2D eigenvalue weighted by Crippen LogP contribution is -2.75. The maximum absolute atomic E-state index is 5.26. The van der Waals surface area contributed by atoms with Gasteiger partial charge >= 0.3 is 0 Å². The van der Waals surface area contributed by atoms with Gasteiger partial charge in [-0.05, 0) is 83.4 Å². The van der Waals surface area contributed by atoms with Gasteiger partial charge in [-0.1, -0.05) is 212 Å². The minimum atomic E-state index is -2.93. The third-order valence-electron chi connectivity index (χ3n) is 12.2. The Kier molecular flexibility index (Phi) is 8.42. The van der Waals surface area contributed by atoms with Crippen molar-refractivity contribution in [2.45, 2.75) is 6.92 Å². The van der Waals surface area contributed by atoms with Crippen molar-refractivity contribution in [3.05, 3.63) is 230 Å². The molecule has 278 valence electrons. The summed E-state index contributed by atoms with van der Waals surface area (Å²) in [5.41, 5.74) is 8.01. The highest BCUT2D eigenvalue weighted by molar-refractivity contribution is 7.21. The number of rotatable bonds is 7. The van der Waals surface area contributed by atoms with Crippen LogP contribution in [0.2, 0.25) is 0 Å². The van der Waals surface area contributed by atoms with Crippen LogP contribution in [0.1, 0.15) is 5.56 Å². The maximum atomic E-state index is 5.26. The summed E-state index contributed by atoms with van der Waals surface area (Å²) in [7, 11) is -2.93. The zero-order chi connectivity index (χ0) is 39.3. The Bertz CT molecular complexity index is 3170. The van der Waals surface area contributed by atoms with Crippen LogP contribution in [0.15, 0.2) is 224 Å². The van der Waals surface area contributed by atoms with Crippen molar-refractivity contribution >= 4 is 72.2 Å². The van der Waals surface area contributed by atoms with Gasteiger partial charge in [-0.2, -0.15) is 0 Å². The monoisotopic (exact) mass is 768 g/mol. The first-order valence-corrected chi connectivity index (χ1v) is 22.4. The van der Waals surface area contributed by atoms with Crippen molar-refractivity contribution in [2.75, 3.05) is 0 Å². The molecule has 0 radical (unpaired) electrons. The molecule has 3 heteroatoms. The summed E-state index contributed by atoms with van der Waals surface area (Å²) in [6.45, 7) is 2.19. The molecule has 2 nitrogen and oxygen atoms in total. The number of hydrogen-bond donors (Lipinski definition) is 0. The fourth-order valence-corrected chi connectivity index (χ4v) is 15.0. The summed E-state index contributed by atoms with van der Waals surface area (Å²) in [4.78, 5) is 5.26. The molecule has 11 aromatic rings. The average molecular weight is 769 g/mol. The van der Waals surface area contributed by atoms with E-state index >= 15 is 0 Å². The zero-order valence-corrected chi connectivity index (χ0v) is 33.8. The number of aryl methyl sites for hydroxylation is 1. The minimum Gasteiger partial charge on any atom is -0.291 e. The Morgan fingerprint density at radius 2 is 0.847 bits per heavy atom. The Hall–Kier alpha value is -7.33. The minimum absolute atomic E-state index is 0.942. The summed E-state index contributed by atoms with van der Waals surface area (Å²) in [6, 6.07) is 82.8. The van der Waals surface area contributed by atoms with Crippen molar-refractivity contribution in [3.8, 4) is 28.2 Å². The normalized spacial score (nSPS) is 11.8. The lowest BCUT2D eigenvalue weighted by atomic mass is 9.89. The highest BCUT2D eigenvalue weighted by atomic mass is 28.3. The fourth-order valence-electron chi connectivity index (χ4n) is 9.83. The molecule has 1 aromatic heterocycles. The predicted molar refractivity (Wildman–Crippen MR) is 253 cm³/mol. The Morgan fingerprint density at radius 1 is 0.390 bits per heavy atom. The van der Waals surface area contributed by atoms with Crippen LogP contribution >= 0.6 is 0 Å². The lowest BCUT2D eigenvalue weighted by Gasteiger charge is -2.37. The second kappa shape index (κ2) is 14.2. The summed E-state index contributed by atoms with van der Waals surface area (Å²) in [6.07, 6.45) is 0. The van der Waals surface area contributed by atoms with Crippen LogP contribution in [0.3, 0.4) is 0 Å². The highest BCUT2D eigenvalue weighted by Gasteiger charge is 2.44. The quantitative estimate of drug-likeness (QED) is 0.0897. The molecule has 0 aliphatic carbocycles. The third-order valence-corrected chi connectivity index (χ3v) is 17.1. The summed E-state index contributed by atoms with van der Waals surface area (Å²) in [5.74, 6) is 0.942. The van der Waals surface area contributed by atoms with Crippen LogP contribution in [-0.2, 0) is 0 Å². The molecule has 0 amide bonds. The number of fused-ring (bicyclic) bond motifs is 4. The first-order chi connectivity index (χ1) is 29.2. The van der Waals surface area contributed by atoms with E-state index in [0.717, 1.165) is 28.1 Å². The molecule has 0 bridgehead atoms. The van der Waals surface area contributed by atoms with Crippen molar-refractivity contribution < 1.29 is 0 Å². The standard InChI is InChI=1S/C56H40N2Si/c1-39-21-20-36-51-54(39)58(56(57-51)40-22-6-2-7-23-40)52-38-37-48(44-30-14-15-31-45(44)52)53-46-32-16-18-34-49(46)55(50-35-19-17-33-47(50)53)59(41-24-8-3-9-25-41,42-26-10-4-11-27-42)43-28-12-5-13-29-43/h2-38H,1H3. The van der Waals surface area contributed by atoms with Gasteiger partial charge in [0, 0.05) is 10.9 Å². The van der Waals surface area contributed by atoms with Gasteiger partial charge in [-0.25, -0.2) is 4.98 Å². The Balaban J connectivity index is 1.26. The van der Waals surface area contributed by atoms with Crippen LogP contribution in [0.25, 0.3) is 71.6 Å². The molecule has 0 N–H and O–H groups in total. The first-order valence-electron chi connectivity index (χ1n) is 20.4. The molecule has 0 aliphatic heterocycles. The van der Waals surface area contributed by atoms with Gasteiger partial charge in [0.25, 0.3) is 0 Å². The van der Waals surface area contributed by atoms with E-state index in [9.17, 15) is 0 Å². The van der Waals surface area contributed by atoms with E-state index in [1.807, 2.05) is 0 Å². The predicted octanol–water partition coefficient (Wildman–Crippen LogP) is 11.5. The van der Waals surface area contributed by atoms with Crippen LogP contribution in [0, 0.1) is 6.92 Å². The lowest BCUT2D eigenvalue weighted by molar-refractivity contribution is 1.11. The van der Waals surface area contributed by atoms with E-state index in [4.69, 9.17) is 4.98 Å². The van der Waals surface area contributed by atoms with E-state index in [1.54, 1.807) is 0 Å².